The van der Waals surface area contributed by atoms with Crippen molar-refractivity contribution < 1.29 is 19.1 Å². The van der Waals surface area contributed by atoms with Gasteiger partial charge < -0.3 is 25.4 Å². The van der Waals surface area contributed by atoms with Crippen LogP contribution in [0.3, 0.4) is 0 Å². The van der Waals surface area contributed by atoms with Crippen LogP contribution in [-0.2, 0) is 9.47 Å². The highest BCUT2D eigenvalue weighted by Crippen LogP contribution is 2.22. The second kappa shape index (κ2) is 10.7. The van der Waals surface area contributed by atoms with E-state index >= 15 is 0 Å². The molecule has 0 bridgehead atoms. The molecule has 2 saturated heterocycles. The van der Waals surface area contributed by atoms with E-state index in [9.17, 15) is 9.59 Å². The SMILES string of the molecule is O=C(NC[C@H]([C@H]1CCOC1)N1CCOCC1)Nc1cccc(NC(=O)c2cccs2)c1. The number of carbonyl (C=O) groups is 2. The van der Waals surface area contributed by atoms with Gasteiger partial charge in [0.05, 0.1) is 24.7 Å². The topological polar surface area (TPSA) is 91.9 Å². The first kappa shape index (κ1) is 21.8. The van der Waals surface area contributed by atoms with Crippen LogP contribution in [-0.4, -0.2) is 68.9 Å². The molecule has 2 aliphatic heterocycles. The Bertz CT molecular complexity index is 864. The molecule has 2 aliphatic rings. The summed E-state index contributed by atoms with van der Waals surface area (Å²) in [5.74, 6) is 0.248. The number of hydrogen-bond donors (Lipinski definition) is 3. The summed E-state index contributed by atoms with van der Waals surface area (Å²) in [5.41, 5.74) is 1.25. The molecular weight excluding hydrogens is 416 g/mol. The third kappa shape index (κ3) is 6.04. The van der Waals surface area contributed by atoms with Gasteiger partial charge in [-0.05, 0) is 36.1 Å². The Balaban J connectivity index is 1.31. The fourth-order valence-electron chi connectivity index (χ4n) is 4.01. The molecule has 2 aromatic rings. The molecule has 0 radical (unpaired) electrons. The van der Waals surface area contributed by atoms with Gasteiger partial charge in [0.25, 0.3) is 5.91 Å². The van der Waals surface area contributed by atoms with E-state index < -0.39 is 0 Å². The summed E-state index contributed by atoms with van der Waals surface area (Å²) in [4.78, 5) is 27.8. The van der Waals surface area contributed by atoms with Crippen molar-refractivity contribution in [2.45, 2.75) is 12.5 Å². The Kier molecular flexibility index (Phi) is 7.52. The van der Waals surface area contributed by atoms with Gasteiger partial charge in [-0.3, -0.25) is 9.69 Å². The van der Waals surface area contributed by atoms with E-state index in [4.69, 9.17) is 9.47 Å². The van der Waals surface area contributed by atoms with Gasteiger partial charge in [-0.25, -0.2) is 4.79 Å². The molecule has 2 fully saturated rings. The van der Waals surface area contributed by atoms with Gasteiger partial charge in [-0.15, -0.1) is 11.3 Å². The summed E-state index contributed by atoms with van der Waals surface area (Å²) in [5, 5.41) is 10.6. The predicted molar refractivity (Wildman–Crippen MR) is 121 cm³/mol. The smallest absolute Gasteiger partial charge is 0.319 e. The van der Waals surface area contributed by atoms with Crippen LogP contribution < -0.4 is 16.0 Å². The normalized spacial score (nSPS) is 20.2. The van der Waals surface area contributed by atoms with Crippen LogP contribution in [0, 0.1) is 5.92 Å². The number of benzene rings is 1. The summed E-state index contributed by atoms with van der Waals surface area (Å²) in [7, 11) is 0. The minimum Gasteiger partial charge on any atom is -0.381 e. The van der Waals surface area contributed by atoms with E-state index in [1.807, 2.05) is 11.4 Å². The van der Waals surface area contributed by atoms with Crippen molar-refractivity contribution in [3.05, 3.63) is 46.7 Å². The molecule has 166 valence electrons. The van der Waals surface area contributed by atoms with Gasteiger partial charge in [0.1, 0.15) is 0 Å². The maximum Gasteiger partial charge on any atom is 0.319 e. The van der Waals surface area contributed by atoms with Crippen molar-refractivity contribution in [3.8, 4) is 0 Å². The average Bonchev–Trinajstić information content (AvgIpc) is 3.50. The molecule has 3 N–H and O–H groups in total. The highest BCUT2D eigenvalue weighted by Gasteiger charge is 2.31. The summed E-state index contributed by atoms with van der Waals surface area (Å²) in [6, 6.07) is 10.7. The number of carbonyl (C=O) groups excluding carboxylic acids is 2. The van der Waals surface area contributed by atoms with E-state index in [2.05, 4.69) is 20.9 Å². The standard InChI is InChI=1S/C22H28N4O4S/c27-21(20-5-2-12-31-20)24-17-3-1-4-18(13-17)25-22(28)23-14-19(16-6-9-30-15-16)26-7-10-29-11-8-26/h1-5,12-13,16,19H,6-11,14-15H2,(H,24,27)(H2,23,25,28)/t16-,19+/m0/s1. The average molecular weight is 445 g/mol. The van der Waals surface area contributed by atoms with E-state index in [-0.39, 0.29) is 18.0 Å². The van der Waals surface area contributed by atoms with E-state index in [0.717, 1.165) is 45.9 Å². The first-order valence-corrected chi connectivity index (χ1v) is 11.5. The Morgan fingerprint density at radius 3 is 2.58 bits per heavy atom. The highest BCUT2D eigenvalue weighted by molar-refractivity contribution is 7.12. The molecule has 3 amide bonds. The highest BCUT2D eigenvalue weighted by atomic mass is 32.1. The number of morpholine rings is 1. The zero-order valence-electron chi connectivity index (χ0n) is 17.3. The molecule has 0 unspecified atom stereocenters. The van der Waals surface area contributed by atoms with Crippen molar-refractivity contribution in [1.29, 1.82) is 0 Å². The Labute approximate surface area is 185 Å². The Hall–Kier alpha value is -2.46. The van der Waals surface area contributed by atoms with Gasteiger partial charge in [-0.1, -0.05) is 12.1 Å². The van der Waals surface area contributed by atoms with Crippen molar-refractivity contribution in [1.82, 2.24) is 10.2 Å². The molecule has 8 nitrogen and oxygen atoms in total. The zero-order valence-corrected chi connectivity index (χ0v) is 18.2. The second-order valence-electron chi connectivity index (χ2n) is 7.69. The quantitative estimate of drug-likeness (QED) is 0.611. The third-order valence-corrected chi connectivity index (χ3v) is 6.49. The van der Waals surface area contributed by atoms with Gasteiger partial charge in [-0.2, -0.15) is 0 Å². The van der Waals surface area contributed by atoms with Crippen molar-refractivity contribution in [3.63, 3.8) is 0 Å². The number of amides is 3. The lowest BCUT2D eigenvalue weighted by molar-refractivity contribution is 0.00222. The number of ether oxygens (including phenoxy) is 2. The lowest BCUT2D eigenvalue weighted by Gasteiger charge is -2.37. The van der Waals surface area contributed by atoms with Crippen LogP contribution in [0.1, 0.15) is 16.1 Å². The zero-order chi connectivity index (χ0) is 21.5. The van der Waals surface area contributed by atoms with Crippen molar-refractivity contribution >= 4 is 34.6 Å². The first-order valence-electron chi connectivity index (χ1n) is 10.6. The maximum atomic E-state index is 12.6. The number of hydrogen-bond acceptors (Lipinski definition) is 6. The monoisotopic (exact) mass is 444 g/mol. The number of anilines is 2. The van der Waals surface area contributed by atoms with E-state index in [1.165, 1.54) is 11.3 Å². The predicted octanol–water partition coefficient (Wildman–Crippen LogP) is 2.86. The van der Waals surface area contributed by atoms with Crippen LogP contribution in [0.25, 0.3) is 0 Å². The summed E-state index contributed by atoms with van der Waals surface area (Å²) >= 11 is 1.38. The van der Waals surface area contributed by atoms with E-state index in [0.29, 0.717) is 28.7 Å². The van der Waals surface area contributed by atoms with Gasteiger partial charge in [0.2, 0.25) is 0 Å². The third-order valence-electron chi connectivity index (χ3n) is 5.62. The minimum absolute atomic E-state index is 0.163. The van der Waals surface area contributed by atoms with Crippen molar-refractivity contribution in [2.75, 3.05) is 56.7 Å². The molecule has 1 aromatic carbocycles. The molecule has 0 spiro atoms. The summed E-state index contributed by atoms with van der Waals surface area (Å²) in [6.45, 7) is 5.25. The number of nitrogens with one attached hydrogen (secondary N) is 3. The van der Waals surface area contributed by atoms with Gasteiger partial charge in [0, 0.05) is 49.6 Å². The first-order chi connectivity index (χ1) is 15.2. The lowest BCUT2D eigenvalue weighted by Crippen LogP contribution is -2.52. The fourth-order valence-corrected chi connectivity index (χ4v) is 4.63. The molecule has 3 heterocycles. The second-order valence-corrected chi connectivity index (χ2v) is 8.63. The fraction of sp³-hybridized carbons (Fsp3) is 0.455. The lowest BCUT2D eigenvalue weighted by atomic mass is 9.97. The summed E-state index contributed by atoms with van der Waals surface area (Å²) in [6.07, 6.45) is 1.01. The van der Waals surface area contributed by atoms with Crippen LogP contribution in [0.2, 0.25) is 0 Å². The maximum absolute atomic E-state index is 12.6. The molecule has 4 rings (SSSR count). The molecular formula is C22H28N4O4S. The molecule has 1 aromatic heterocycles. The van der Waals surface area contributed by atoms with Gasteiger partial charge >= 0.3 is 6.03 Å². The van der Waals surface area contributed by atoms with Crippen LogP contribution in [0.4, 0.5) is 16.2 Å². The number of thiophene rings is 1. The van der Waals surface area contributed by atoms with Gasteiger partial charge in [0.15, 0.2) is 0 Å². The number of urea groups is 1. The molecule has 31 heavy (non-hydrogen) atoms. The largest absolute Gasteiger partial charge is 0.381 e. The summed E-state index contributed by atoms with van der Waals surface area (Å²) < 4.78 is 11.1. The minimum atomic E-state index is -0.265. The number of rotatable bonds is 7. The molecule has 0 aliphatic carbocycles. The molecule has 2 atom stereocenters. The Morgan fingerprint density at radius 2 is 1.87 bits per heavy atom. The number of nitrogens with zero attached hydrogens (tertiary/aromatic N) is 1. The Morgan fingerprint density at radius 1 is 1.06 bits per heavy atom. The van der Waals surface area contributed by atoms with Crippen LogP contribution >= 0.6 is 11.3 Å². The molecule has 9 heteroatoms. The van der Waals surface area contributed by atoms with Crippen LogP contribution in [0.5, 0.6) is 0 Å². The van der Waals surface area contributed by atoms with E-state index in [1.54, 1.807) is 30.3 Å². The van der Waals surface area contributed by atoms with Crippen molar-refractivity contribution in [2.24, 2.45) is 5.92 Å². The van der Waals surface area contributed by atoms with Crippen LogP contribution in [0.15, 0.2) is 41.8 Å². The molecule has 0 saturated carbocycles.